The topological polar surface area (TPSA) is 37.4 Å². The highest BCUT2D eigenvalue weighted by Gasteiger charge is 2.45. The van der Waals surface area contributed by atoms with Gasteiger partial charge in [-0.2, -0.15) is 0 Å². The van der Waals surface area contributed by atoms with Crippen LogP contribution in [0.3, 0.4) is 0 Å². The van der Waals surface area contributed by atoms with Crippen LogP contribution in [0.4, 0.5) is 0 Å². The fraction of sp³-hybridized carbons (Fsp3) is 0.867. The maximum absolute atomic E-state index is 12.2. The molecule has 3 nitrogen and oxygen atoms in total. The van der Waals surface area contributed by atoms with Gasteiger partial charge in [-0.3, -0.25) is 14.5 Å². The van der Waals surface area contributed by atoms with Crippen LogP contribution >= 0.6 is 15.9 Å². The first kappa shape index (κ1) is 16.7. The van der Waals surface area contributed by atoms with Gasteiger partial charge in [-0.05, 0) is 18.3 Å². The van der Waals surface area contributed by atoms with Crippen LogP contribution in [-0.2, 0) is 9.59 Å². The van der Waals surface area contributed by atoms with Gasteiger partial charge in [-0.25, -0.2) is 0 Å². The Hall–Kier alpha value is -0.380. The van der Waals surface area contributed by atoms with Crippen molar-refractivity contribution in [2.75, 3.05) is 11.9 Å². The highest BCUT2D eigenvalue weighted by atomic mass is 79.9. The molecule has 1 aliphatic rings. The molecule has 0 spiro atoms. The number of imide groups is 1. The fourth-order valence-electron chi connectivity index (χ4n) is 3.04. The van der Waals surface area contributed by atoms with E-state index in [9.17, 15) is 9.59 Å². The van der Waals surface area contributed by atoms with Crippen LogP contribution in [0.1, 0.15) is 53.4 Å². The molecule has 0 bridgehead atoms. The maximum atomic E-state index is 12.2. The van der Waals surface area contributed by atoms with Gasteiger partial charge < -0.3 is 0 Å². The first-order chi connectivity index (χ1) is 8.92. The summed E-state index contributed by atoms with van der Waals surface area (Å²) in [5, 5.41) is 0.849. The molecule has 1 rings (SSSR count). The molecule has 1 fully saturated rings. The van der Waals surface area contributed by atoms with Crippen LogP contribution in [0.2, 0.25) is 0 Å². The summed E-state index contributed by atoms with van der Waals surface area (Å²) in [4.78, 5) is 26.0. The molecule has 1 aliphatic heterocycles. The number of rotatable bonds is 7. The van der Waals surface area contributed by atoms with E-state index in [1.54, 1.807) is 0 Å². The second kappa shape index (κ2) is 6.87. The normalized spacial score (nSPS) is 24.4. The molecule has 0 aromatic heterocycles. The van der Waals surface area contributed by atoms with E-state index >= 15 is 0 Å². The first-order valence-electron chi connectivity index (χ1n) is 7.33. The van der Waals surface area contributed by atoms with Crippen molar-refractivity contribution in [2.45, 2.75) is 53.4 Å². The highest BCUT2D eigenvalue weighted by Crippen LogP contribution is 2.36. The zero-order chi connectivity index (χ0) is 14.6. The lowest BCUT2D eigenvalue weighted by molar-refractivity contribution is -0.141. The lowest BCUT2D eigenvalue weighted by Crippen LogP contribution is -2.42. The SMILES string of the molecule is CCCC(CBr)(CCC)CN1C(=O)C(C)C(C)C1=O. The summed E-state index contributed by atoms with van der Waals surface area (Å²) in [5.41, 5.74) is 0.0403. The van der Waals surface area contributed by atoms with Crippen LogP contribution < -0.4 is 0 Å². The van der Waals surface area contributed by atoms with Crippen molar-refractivity contribution >= 4 is 27.7 Å². The number of hydrogen-bond donors (Lipinski definition) is 0. The quantitative estimate of drug-likeness (QED) is 0.528. The summed E-state index contributed by atoms with van der Waals surface area (Å²) in [6.45, 7) is 8.62. The molecule has 2 amide bonds. The van der Waals surface area contributed by atoms with Gasteiger partial charge in [0.25, 0.3) is 0 Å². The molecule has 2 unspecified atom stereocenters. The molecule has 110 valence electrons. The second-order valence-electron chi connectivity index (χ2n) is 5.97. The van der Waals surface area contributed by atoms with Crippen LogP contribution in [0.15, 0.2) is 0 Å². The molecular weight excluding hydrogens is 306 g/mol. The average molecular weight is 332 g/mol. The van der Waals surface area contributed by atoms with Gasteiger partial charge in [0, 0.05) is 23.7 Å². The molecule has 0 aromatic carbocycles. The predicted octanol–water partition coefficient (Wildman–Crippen LogP) is 3.61. The summed E-state index contributed by atoms with van der Waals surface area (Å²) >= 11 is 3.60. The number of halogens is 1. The lowest BCUT2D eigenvalue weighted by atomic mass is 9.80. The molecule has 1 saturated heterocycles. The number of carbonyl (C=O) groups is 2. The van der Waals surface area contributed by atoms with E-state index in [4.69, 9.17) is 0 Å². The highest BCUT2D eigenvalue weighted by molar-refractivity contribution is 9.09. The average Bonchev–Trinajstić information content (AvgIpc) is 2.57. The van der Waals surface area contributed by atoms with E-state index in [-0.39, 0.29) is 29.1 Å². The largest absolute Gasteiger partial charge is 0.282 e. The third kappa shape index (κ3) is 3.39. The molecule has 1 heterocycles. The first-order valence-corrected chi connectivity index (χ1v) is 8.45. The van der Waals surface area contributed by atoms with E-state index in [0.29, 0.717) is 6.54 Å². The van der Waals surface area contributed by atoms with Crippen molar-refractivity contribution < 1.29 is 9.59 Å². The van der Waals surface area contributed by atoms with Crippen molar-refractivity contribution in [1.82, 2.24) is 4.90 Å². The summed E-state index contributed by atoms with van der Waals surface area (Å²) < 4.78 is 0. The standard InChI is InChI=1S/C15H26BrNO2/c1-5-7-15(9-16,8-6-2)10-17-13(18)11(3)12(4)14(17)19/h11-12H,5-10H2,1-4H3. The second-order valence-corrected chi connectivity index (χ2v) is 6.53. The molecule has 0 aliphatic carbocycles. The Balaban J connectivity index is 2.90. The van der Waals surface area contributed by atoms with Gasteiger partial charge in [0.05, 0.1) is 0 Å². The minimum atomic E-state index is -0.163. The molecule has 0 N–H and O–H groups in total. The van der Waals surface area contributed by atoms with Gasteiger partial charge >= 0.3 is 0 Å². The Morgan fingerprint density at radius 1 is 1.05 bits per heavy atom. The van der Waals surface area contributed by atoms with Crippen molar-refractivity contribution in [1.29, 1.82) is 0 Å². The van der Waals surface area contributed by atoms with Crippen LogP contribution in [0.25, 0.3) is 0 Å². The third-order valence-corrected chi connectivity index (χ3v) is 5.59. The van der Waals surface area contributed by atoms with Gasteiger partial charge in [0.15, 0.2) is 0 Å². The molecule has 0 saturated carbocycles. The number of amides is 2. The van der Waals surface area contributed by atoms with Gasteiger partial charge in [0.1, 0.15) is 0 Å². The summed E-state index contributed by atoms with van der Waals surface area (Å²) in [5.74, 6) is -0.308. The Labute approximate surface area is 125 Å². The minimum Gasteiger partial charge on any atom is -0.282 e. The maximum Gasteiger partial charge on any atom is 0.232 e. The van der Waals surface area contributed by atoms with E-state index in [1.807, 2.05) is 13.8 Å². The summed E-state index contributed by atoms with van der Waals surface area (Å²) in [6.07, 6.45) is 4.25. The van der Waals surface area contributed by atoms with Crippen LogP contribution in [0, 0.1) is 17.3 Å². The number of hydrogen-bond acceptors (Lipinski definition) is 2. The monoisotopic (exact) mass is 331 g/mol. The molecule has 2 atom stereocenters. The van der Waals surface area contributed by atoms with Crippen molar-refractivity contribution in [2.24, 2.45) is 17.3 Å². The van der Waals surface area contributed by atoms with Gasteiger partial charge in [-0.15, -0.1) is 0 Å². The van der Waals surface area contributed by atoms with Crippen molar-refractivity contribution in [3.8, 4) is 0 Å². The number of likely N-dealkylation sites (tertiary alicyclic amines) is 1. The van der Waals surface area contributed by atoms with E-state index in [0.717, 1.165) is 31.0 Å². The molecule has 0 radical (unpaired) electrons. The Morgan fingerprint density at radius 2 is 1.47 bits per heavy atom. The number of nitrogens with zero attached hydrogens (tertiary/aromatic N) is 1. The fourth-order valence-corrected chi connectivity index (χ4v) is 3.78. The Morgan fingerprint density at radius 3 is 1.79 bits per heavy atom. The Bertz CT molecular complexity index is 317. The summed E-state index contributed by atoms with van der Waals surface area (Å²) in [7, 11) is 0. The molecule has 4 heteroatoms. The smallest absolute Gasteiger partial charge is 0.232 e. The van der Waals surface area contributed by atoms with E-state index in [2.05, 4.69) is 29.8 Å². The molecule has 19 heavy (non-hydrogen) atoms. The Kier molecular flexibility index (Phi) is 6.03. The number of alkyl halides is 1. The van der Waals surface area contributed by atoms with E-state index < -0.39 is 0 Å². The zero-order valence-corrected chi connectivity index (χ0v) is 14.1. The number of carbonyl (C=O) groups excluding carboxylic acids is 2. The van der Waals surface area contributed by atoms with Crippen LogP contribution in [0.5, 0.6) is 0 Å². The van der Waals surface area contributed by atoms with Crippen molar-refractivity contribution in [3.05, 3.63) is 0 Å². The summed E-state index contributed by atoms with van der Waals surface area (Å²) in [6, 6.07) is 0. The molecule has 0 aromatic rings. The van der Waals surface area contributed by atoms with Crippen molar-refractivity contribution in [3.63, 3.8) is 0 Å². The minimum absolute atomic E-state index is 0.00929. The molecular formula is C15H26BrNO2. The third-order valence-electron chi connectivity index (χ3n) is 4.40. The van der Waals surface area contributed by atoms with Crippen LogP contribution in [-0.4, -0.2) is 28.6 Å². The zero-order valence-electron chi connectivity index (χ0n) is 12.5. The van der Waals surface area contributed by atoms with Gasteiger partial charge in [0.2, 0.25) is 11.8 Å². The van der Waals surface area contributed by atoms with Gasteiger partial charge in [-0.1, -0.05) is 56.5 Å². The van der Waals surface area contributed by atoms with E-state index in [1.165, 1.54) is 4.90 Å². The predicted molar refractivity (Wildman–Crippen MR) is 81.1 cm³/mol. The lowest BCUT2D eigenvalue weighted by Gasteiger charge is -2.35.